The van der Waals surface area contributed by atoms with E-state index in [2.05, 4.69) is 31.4 Å². The second-order valence-electron chi connectivity index (χ2n) is 5.29. The highest BCUT2D eigenvalue weighted by Gasteiger charge is 2.31. The molecular weight excluding hydrogens is 402 g/mol. The summed E-state index contributed by atoms with van der Waals surface area (Å²) in [4.78, 5) is 6.31. The highest BCUT2D eigenvalue weighted by Crippen LogP contribution is 2.38. The van der Waals surface area contributed by atoms with Crippen LogP contribution >= 0.6 is 27.5 Å². The van der Waals surface area contributed by atoms with Gasteiger partial charge in [0.15, 0.2) is 5.84 Å². The molecule has 4 nitrogen and oxygen atoms in total. The Hall–Kier alpha value is -1.99. The lowest BCUT2D eigenvalue weighted by molar-refractivity contribution is 0.579. The molecule has 0 aromatic heterocycles. The summed E-state index contributed by atoms with van der Waals surface area (Å²) < 4.78 is 29.3. The molecule has 1 N–H and O–H groups in total. The fourth-order valence-electron chi connectivity index (χ4n) is 2.84. The Morgan fingerprint density at radius 1 is 1.12 bits per heavy atom. The highest BCUT2D eigenvalue weighted by atomic mass is 79.9. The van der Waals surface area contributed by atoms with Gasteiger partial charge in [0, 0.05) is 10.0 Å². The first-order valence-corrected chi connectivity index (χ1v) is 8.29. The lowest BCUT2D eigenvalue weighted by Crippen LogP contribution is -2.30. The Kier molecular flexibility index (Phi) is 3.77. The van der Waals surface area contributed by atoms with E-state index in [9.17, 15) is 8.78 Å². The molecule has 0 saturated carbocycles. The van der Waals surface area contributed by atoms with E-state index in [0.29, 0.717) is 33.3 Å². The number of anilines is 1. The molecule has 0 radical (unpaired) electrons. The molecule has 2 aromatic rings. The number of rotatable bonds is 1. The molecule has 0 spiro atoms. The van der Waals surface area contributed by atoms with E-state index in [4.69, 9.17) is 11.6 Å². The topological polar surface area (TPSA) is 40.0 Å². The second kappa shape index (κ2) is 5.82. The molecule has 0 atom stereocenters. The molecular formula is C16H10BrClF2N4. The monoisotopic (exact) mass is 410 g/mol. The van der Waals surface area contributed by atoms with Gasteiger partial charge in [-0.1, -0.05) is 17.7 Å². The largest absolute Gasteiger partial charge is 0.307 e. The van der Waals surface area contributed by atoms with E-state index in [-0.39, 0.29) is 17.8 Å². The standard InChI is InChI=1S/C16H10BrClF2N4/c17-8-4-5-11-14(15(8)18)16(13-9(19)2-1-3-10(13)20)21-6-12-23-22-7-24(11)12/h1-5,22H,6-7H2. The zero-order valence-electron chi connectivity index (χ0n) is 12.2. The summed E-state index contributed by atoms with van der Waals surface area (Å²) in [5, 5.41) is 4.53. The number of nitrogens with zero attached hydrogens (tertiary/aromatic N) is 3. The molecule has 0 amide bonds. The predicted octanol–water partition coefficient (Wildman–Crippen LogP) is 3.91. The van der Waals surface area contributed by atoms with E-state index in [1.165, 1.54) is 18.2 Å². The Morgan fingerprint density at radius 2 is 1.88 bits per heavy atom. The third kappa shape index (κ3) is 2.31. The van der Waals surface area contributed by atoms with Crippen LogP contribution in [0.25, 0.3) is 0 Å². The van der Waals surface area contributed by atoms with Crippen molar-refractivity contribution in [1.29, 1.82) is 0 Å². The molecule has 24 heavy (non-hydrogen) atoms. The summed E-state index contributed by atoms with van der Waals surface area (Å²) in [5.74, 6) is -0.697. The van der Waals surface area contributed by atoms with Crippen molar-refractivity contribution >= 4 is 44.8 Å². The third-order valence-corrected chi connectivity index (χ3v) is 5.21. The molecule has 0 aliphatic carbocycles. The number of hydrogen-bond donors (Lipinski definition) is 1. The lowest BCUT2D eigenvalue weighted by Gasteiger charge is -2.21. The number of hydrazone groups is 1. The SMILES string of the molecule is Fc1cccc(F)c1C1=NCC2=NNCN2c2ccc(Br)c(Cl)c21. The summed E-state index contributed by atoms with van der Waals surface area (Å²) in [7, 11) is 0. The lowest BCUT2D eigenvalue weighted by atomic mass is 9.99. The van der Waals surface area contributed by atoms with E-state index < -0.39 is 11.6 Å². The van der Waals surface area contributed by atoms with Crippen LogP contribution in [0.3, 0.4) is 0 Å². The number of benzene rings is 2. The van der Waals surface area contributed by atoms with Crippen molar-refractivity contribution in [1.82, 2.24) is 5.43 Å². The molecule has 2 aromatic carbocycles. The average Bonchev–Trinajstić information content (AvgIpc) is 2.96. The van der Waals surface area contributed by atoms with Crippen LogP contribution in [0.15, 0.2) is 44.9 Å². The number of amidine groups is 1. The van der Waals surface area contributed by atoms with Gasteiger partial charge in [0.2, 0.25) is 0 Å². The fraction of sp³-hybridized carbons (Fsp3) is 0.125. The highest BCUT2D eigenvalue weighted by molar-refractivity contribution is 9.10. The number of aliphatic imine (C=N–C) groups is 1. The van der Waals surface area contributed by atoms with Gasteiger partial charge >= 0.3 is 0 Å². The van der Waals surface area contributed by atoms with Gasteiger partial charge in [-0.25, -0.2) is 8.78 Å². The fourth-order valence-corrected chi connectivity index (χ4v) is 3.42. The molecule has 2 heterocycles. The van der Waals surface area contributed by atoms with Gasteiger partial charge in [-0.2, -0.15) is 5.10 Å². The third-order valence-electron chi connectivity index (χ3n) is 3.93. The second-order valence-corrected chi connectivity index (χ2v) is 6.52. The molecule has 0 fully saturated rings. The zero-order chi connectivity index (χ0) is 16.8. The van der Waals surface area contributed by atoms with Gasteiger partial charge in [0.05, 0.1) is 28.5 Å². The molecule has 2 aliphatic heterocycles. The van der Waals surface area contributed by atoms with Gasteiger partial charge in [-0.3, -0.25) is 10.4 Å². The van der Waals surface area contributed by atoms with Gasteiger partial charge in [-0.05, 0) is 40.2 Å². The Labute approximate surface area is 150 Å². The van der Waals surface area contributed by atoms with Crippen LogP contribution in [-0.4, -0.2) is 24.8 Å². The Bertz CT molecular complexity index is 893. The average molecular weight is 412 g/mol. The van der Waals surface area contributed by atoms with Crippen molar-refractivity contribution in [3.05, 3.63) is 62.6 Å². The van der Waals surface area contributed by atoms with Gasteiger partial charge in [-0.15, -0.1) is 0 Å². The van der Waals surface area contributed by atoms with E-state index >= 15 is 0 Å². The summed E-state index contributed by atoms with van der Waals surface area (Å²) >= 11 is 9.83. The molecule has 0 saturated heterocycles. The minimum absolute atomic E-state index is 0.184. The van der Waals surface area contributed by atoms with Crippen molar-refractivity contribution in [2.24, 2.45) is 10.1 Å². The molecule has 8 heteroatoms. The summed E-state index contributed by atoms with van der Waals surface area (Å²) in [5.41, 5.74) is 4.06. The van der Waals surface area contributed by atoms with Gasteiger partial charge in [0.1, 0.15) is 18.3 Å². The minimum atomic E-state index is -0.683. The van der Waals surface area contributed by atoms with Crippen LogP contribution in [0.5, 0.6) is 0 Å². The van der Waals surface area contributed by atoms with Crippen molar-refractivity contribution < 1.29 is 8.78 Å². The summed E-state index contributed by atoms with van der Waals surface area (Å²) in [6, 6.07) is 7.35. The van der Waals surface area contributed by atoms with E-state index in [1.807, 2.05) is 11.0 Å². The first-order chi connectivity index (χ1) is 11.6. The van der Waals surface area contributed by atoms with Crippen molar-refractivity contribution in [2.75, 3.05) is 18.1 Å². The molecule has 4 rings (SSSR count). The van der Waals surface area contributed by atoms with E-state index in [0.717, 1.165) is 0 Å². The summed E-state index contributed by atoms with van der Waals surface area (Å²) in [6.45, 7) is 0.640. The van der Waals surface area contributed by atoms with Crippen molar-refractivity contribution in [3.63, 3.8) is 0 Å². The van der Waals surface area contributed by atoms with Crippen LogP contribution in [0.2, 0.25) is 5.02 Å². The Morgan fingerprint density at radius 3 is 2.62 bits per heavy atom. The molecule has 0 unspecified atom stereocenters. The maximum absolute atomic E-state index is 14.4. The molecule has 0 bridgehead atoms. The van der Waals surface area contributed by atoms with Crippen LogP contribution in [0, 0.1) is 11.6 Å². The first kappa shape index (κ1) is 15.5. The number of hydrogen-bond acceptors (Lipinski definition) is 4. The van der Waals surface area contributed by atoms with Crippen LogP contribution in [0.4, 0.5) is 14.5 Å². The minimum Gasteiger partial charge on any atom is -0.307 e. The Balaban J connectivity index is 2.04. The van der Waals surface area contributed by atoms with Gasteiger partial charge < -0.3 is 4.90 Å². The van der Waals surface area contributed by atoms with Crippen molar-refractivity contribution in [3.8, 4) is 0 Å². The molecule has 2 aliphatic rings. The number of halogens is 4. The van der Waals surface area contributed by atoms with Gasteiger partial charge in [0.25, 0.3) is 0 Å². The zero-order valence-corrected chi connectivity index (χ0v) is 14.5. The summed E-state index contributed by atoms with van der Waals surface area (Å²) in [6.07, 6.45) is 0. The quantitative estimate of drug-likeness (QED) is 0.773. The number of nitrogens with one attached hydrogen (secondary N) is 1. The van der Waals surface area contributed by atoms with Crippen LogP contribution in [0.1, 0.15) is 11.1 Å². The maximum Gasteiger partial charge on any atom is 0.152 e. The van der Waals surface area contributed by atoms with Crippen molar-refractivity contribution in [2.45, 2.75) is 0 Å². The maximum atomic E-state index is 14.4. The van der Waals surface area contributed by atoms with Crippen LogP contribution < -0.4 is 10.3 Å². The molecule has 122 valence electrons. The predicted molar refractivity (Wildman–Crippen MR) is 93.9 cm³/mol. The first-order valence-electron chi connectivity index (χ1n) is 7.12. The normalized spacial score (nSPS) is 15.9. The van der Waals surface area contributed by atoms with E-state index in [1.54, 1.807) is 6.07 Å². The number of fused-ring (bicyclic) bond motifs is 3. The van der Waals surface area contributed by atoms with Crippen LogP contribution in [-0.2, 0) is 0 Å². The smallest absolute Gasteiger partial charge is 0.152 e.